The van der Waals surface area contributed by atoms with Gasteiger partial charge in [0.05, 0.1) is 11.4 Å². The van der Waals surface area contributed by atoms with Crippen LogP contribution in [0.15, 0.2) is 36.4 Å². The van der Waals surface area contributed by atoms with Crippen molar-refractivity contribution >= 4 is 40.5 Å². The quantitative estimate of drug-likeness (QED) is 0.789. The van der Waals surface area contributed by atoms with Crippen LogP contribution in [0.5, 0.6) is 0 Å². The van der Waals surface area contributed by atoms with Crippen molar-refractivity contribution in [2.24, 2.45) is 5.73 Å². The molecule has 3 nitrogen and oxygen atoms in total. The van der Waals surface area contributed by atoms with E-state index in [0.29, 0.717) is 16.5 Å². The van der Waals surface area contributed by atoms with Gasteiger partial charge in [-0.2, -0.15) is 0 Å². The number of nitrogens with zero attached hydrogens (tertiary/aromatic N) is 1. The lowest BCUT2D eigenvalue weighted by Crippen LogP contribution is -2.24. The molecule has 3 rings (SSSR count). The topological polar surface area (TPSA) is 46.3 Å². The fourth-order valence-corrected chi connectivity index (χ4v) is 3.09. The van der Waals surface area contributed by atoms with Crippen LogP contribution in [-0.2, 0) is 11.2 Å². The number of carbonyl (C=O) groups is 1. The number of anilines is 2. The van der Waals surface area contributed by atoms with Gasteiger partial charge in [-0.1, -0.05) is 35.3 Å². The molecule has 2 aromatic carbocycles. The Balaban J connectivity index is 2.31. The maximum Gasteiger partial charge on any atom is 0.228 e. The van der Waals surface area contributed by atoms with E-state index in [0.717, 1.165) is 22.5 Å². The molecule has 0 unspecified atom stereocenters. The van der Waals surface area contributed by atoms with Crippen LogP contribution in [0.1, 0.15) is 24.1 Å². The molecule has 0 bridgehead atoms. The number of carbonyl (C=O) groups excluding carboxylic acids is 1. The van der Waals surface area contributed by atoms with Crippen molar-refractivity contribution in [3.05, 3.63) is 57.6 Å². The van der Waals surface area contributed by atoms with Crippen molar-refractivity contribution in [3.8, 4) is 0 Å². The highest BCUT2D eigenvalue weighted by Gasteiger charge is 2.27. The Morgan fingerprint density at radius 2 is 1.76 bits per heavy atom. The van der Waals surface area contributed by atoms with E-state index in [-0.39, 0.29) is 11.9 Å². The Kier molecular flexibility index (Phi) is 3.66. The zero-order valence-corrected chi connectivity index (χ0v) is 12.9. The first-order valence-electron chi connectivity index (χ1n) is 6.61. The molecule has 0 spiro atoms. The van der Waals surface area contributed by atoms with Crippen LogP contribution >= 0.6 is 23.2 Å². The average molecular weight is 321 g/mol. The van der Waals surface area contributed by atoms with Crippen LogP contribution in [0.2, 0.25) is 10.0 Å². The third-order valence-corrected chi connectivity index (χ3v) is 4.15. The Labute approximate surface area is 133 Å². The predicted molar refractivity (Wildman–Crippen MR) is 86.4 cm³/mol. The standard InChI is InChI=1S/C16H14Cl2N2O/c1-9(21)20-15-7-11(17)3-2-10(15)6-14(19)13-5-4-12(18)8-16(13)20/h2-5,7-8,14H,6,19H2,1H3/t14-/m0/s1. The van der Waals surface area contributed by atoms with Crippen molar-refractivity contribution in [2.45, 2.75) is 19.4 Å². The van der Waals surface area contributed by atoms with Gasteiger partial charge in [0, 0.05) is 23.0 Å². The van der Waals surface area contributed by atoms with E-state index >= 15 is 0 Å². The predicted octanol–water partition coefficient (Wildman–Crippen LogP) is 4.23. The van der Waals surface area contributed by atoms with Crippen LogP contribution < -0.4 is 10.6 Å². The van der Waals surface area contributed by atoms with Gasteiger partial charge >= 0.3 is 0 Å². The van der Waals surface area contributed by atoms with Gasteiger partial charge in [0.15, 0.2) is 0 Å². The summed E-state index contributed by atoms with van der Waals surface area (Å²) in [5, 5.41) is 1.15. The first kappa shape index (κ1) is 14.4. The molecule has 0 aliphatic carbocycles. The van der Waals surface area contributed by atoms with Crippen LogP contribution in [0, 0.1) is 0 Å². The van der Waals surface area contributed by atoms with Crippen LogP contribution in [0.4, 0.5) is 11.4 Å². The van der Waals surface area contributed by atoms with E-state index in [2.05, 4.69) is 0 Å². The third-order valence-electron chi connectivity index (χ3n) is 3.68. The molecule has 1 heterocycles. The molecular formula is C16H14Cl2N2O. The van der Waals surface area contributed by atoms with Gasteiger partial charge in [-0.3, -0.25) is 9.69 Å². The summed E-state index contributed by atoms with van der Waals surface area (Å²) in [6, 6.07) is 10.8. The SMILES string of the molecule is CC(=O)N1c2cc(Cl)ccc2C[C@H](N)c2ccc(Cl)cc21. The van der Waals surface area contributed by atoms with Crippen molar-refractivity contribution in [1.82, 2.24) is 0 Å². The summed E-state index contributed by atoms with van der Waals surface area (Å²) in [4.78, 5) is 13.8. The zero-order valence-electron chi connectivity index (χ0n) is 11.4. The van der Waals surface area contributed by atoms with E-state index in [9.17, 15) is 4.79 Å². The normalized spacial score (nSPS) is 17.0. The largest absolute Gasteiger partial charge is 0.324 e. The molecule has 0 saturated heterocycles. The molecule has 0 aromatic heterocycles. The molecule has 1 atom stereocenters. The molecule has 108 valence electrons. The minimum atomic E-state index is -0.193. The van der Waals surface area contributed by atoms with Crippen molar-refractivity contribution in [3.63, 3.8) is 0 Å². The highest BCUT2D eigenvalue weighted by atomic mass is 35.5. The Bertz CT molecular complexity index is 730. The summed E-state index contributed by atoms with van der Waals surface area (Å²) in [6.45, 7) is 1.52. The van der Waals surface area contributed by atoms with Gasteiger partial charge in [-0.15, -0.1) is 0 Å². The molecule has 1 amide bonds. The van der Waals surface area contributed by atoms with E-state index in [4.69, 9.17) is 28.9 Å². The molecule has 2 aromatic rings. The maximum absolute atomic E-state index is 12.2. The van der Waals surface area contributed by atoms with Crippen molar-refractivity contribution in [2.75, 3.05) is 4.90 Å². The first-order valence-corrected chi connectivity index (χ1v) is 7.37. The highest BCUT2D eigenvalue weighted by Crippen LogP contribution is 2.41. The fourth-order valence-electron chi connectivity index (χ4n) is 2.76. The number of fused-ring (bicyclic) bond motifs is 2. The van der Waals surface area contributed by atoms with E-state index in [1.54, 1.807) is 23.1 Å². The monoisotopic (exact) mass is 320 g/mol. The second kappa shape index (κ2) is 5.34. The Morgan fingerprint density at radius 1 is 1.14 bits per heavy atom. The molecule has 1 aliphatic heterocycles. The van der Waals surface area contributed by atoms with Crippen molar-refractivity contribution < 1.29 is 4.79 Å². The molecule has 21 heavy (non-hydrogen) atoms. The van der Waals surface area contributed by atoms with Gasteiger partial charge in [0.1, 0.15) is 0 Å². The minimum absolute atomic E-state index is 0.101. The van der Waals surface area contributed by atoms with Crippen molar-refractivity contribution in [1.29, 1.82) is 0 Å². The van der Waals surface area contributed by atoms with Gasteiger partial charge < -0.3 is 5.73 Å². The lowest BCUT2D eigenvalue weighted by molar-refractivity contribution is -0.115. The molecular weight excluding hydrogens is 307 g/mol. The number of hydrogen-bond acceptors (Lipinski definition) is 2. The molecule has 0 fully saturated rings. The number of rotatable bonds is 0. The average Bonchev–Trinajstić information content (AvgIpc) is 2.52. The summed E-state index contributed by atoms with van der Waals surface area (Å²) >= 11 is 12.2. The van der Waals surface area contributed by atoms with Gasteiger partial charge in [-0.25, -0.2) is 0 Å². The Hall–Kier alpha value is -1.55. The second-order valence-electron chi connectivity index (χ2n) is 5.14. The van der Waals surface area contributed by atoms with Crippen LogP contribution in [-0.4, -0.2) is 5.91 Å². The molecule has 1 aliphatic rings. The second-order valence-corrected chi connectivity index (χ2v) is 6.01. The third kappa shape index (κ3) is 2.53. The molecule has 2 N–H and O–H groups in total. The van der Waals surface area contributed by atoms with Gasteiger partial charge in [0.25, 0.3) is 0 Å². The number of hydrogen-bond donors (Lipinski definition) is 1. The van der Waals surface area contributed by atoms with E-state index in [1.165, 1.54) is 6.92 Å². The lowest BCUT2D eigenvalue weighted by Gasteiger charge is -2.24. The van der Waals surface area contributed by atoms with Crippen LogP contribution in [0.3, 0.4) is 0 Å². The fraction of sp³-hybridized carbons (Fsp3) is 0.188. The van der Waals surface area contributed by atoms with Gasteiger partial charge in [0.2, 0.25) is 5.91 Å². The summed E-state index contributed by atoms with van der Waals surface area (Å²) < 4.78 is 0. The number of benzene rings is 2. The smallest absolute Gasteiger partial charge is 0.228 e. The minimum Gasteiger partial charge on any atom is -0.324 e. The van der Waals surface area contributed by atoms with E-state index in [1.807, 2.05) is 18.2 Å². The summed E-state index contributed by atoms with van der Waals surface area (Å²) in [7, 11) is 0. The van der Waals surface area contributed by atoms with Crippen LogP contribution in [0.25, 0.3) is 0 Å². The molecule has 5 heteroatoms. The maximum atomic E-state index is 12.2. The summed E-state index contributed by atoms with van der Waals surface area (Å²) in [5.74, 6) is -0.101. The highest BCUT2D eigenvalue weighted by molar-refractivity contribution is 6.31. The molecule has 0 saturated carbocycles. The zero-order chi connectivity index (χ0) is 15.1. The first-order chi connectivity index (χ1) is 9.97. The number of nitrogens with two attached hydrogens (primary N) is 1. The summed E-state index contributed by atoms with van der Waals surface area (Å²) in [6.07, 6.45) is 0.644. The number of amides is 1. The van der Waals surface area contributed by atoms with Gasteiger partial charge in [-0.05, 0) is 41.8 Å². The Morgan fingerprint density at radius 3 is 2.43 bits per heavy atom. The summed E-state index contributed by atoms with van der Waals surface area (Å²) in [5.41, 5.74) is 9.69. The van der Waals surface area contributed by atoms with E-state index < -0.39 is 0 Å². The lowest BCUT2D eigenvalue weighted by atomic mass is 10.00. The molecule has 0 radical (unpaired) electrons. The number of halogens is 2.